The van der Waals surface area contributed by atoms with Crippen LogP contribution in [0, 0.1) is 46.6 Å². The van der Waals surface area contributed by atoms with Crippen molar-refractivity contribution in [2.75, 3.05) is 0 Å². The molecule has 0 heterocycles. The highest BCUT2D eigenvalue weighted by Gasteiger charge is 2.42. The molecule has 0 N–H and O–H groups in total. The number of alkyl halides is 2. The minimum atomic E-state index is -2.99. The maximum Gasteiger partial charge on any atom is 0.254 e. The summed E-state index contributed by atoms with van der Waals surface area (Å²) in [6.07, 6.45) is 9.53. The van der Waals surface area contributed by atoms with Crippen LogP contribution in [0.2, 0.25) is 0 Å². The van der Waals surface area contributed by atoms with Gasteiger partial charge in [-0.15, -0.1) is 0 Å². The van der Waals surface area contributed by atoms with E-state index < -0.39 is 35.5 Å². The van der Waals surface area contributed by atoms with Crippen molar-refractivity contribution in [1.82, 2.24) is 0 Å². The summed E-state index contributed by atoms with van der Waals surface area (Å²) in [5.74, 6) is -3.78. The van der Waals surface area contributed by atoms with Crippen LogP contribution in [-0.2, 0) is 6.42 Å². The van der Waals surface area contributed by atoms with Crippen LogP contribution in [-0.4, -0.2) is 5.92 Å². The second kappa shape index (κ2) is 9.49. The molecule has 2 fully saturated rings. The van der Waals surface area contributed by atoms with Crippen molar-refractivity contribution in [1.29, 1.82) is 5.26 Å². The molecular weight excluding hydrogens is 378 g/mol. The van der Waals surface area contributed by atoms with E-state index in [1.54, 1.807) is 0 Å². The van der Waals surface area contributed by atoms with Crippen molar-refractivity contribution in [3.8, 4) is 6.07 Å². The number of halogens is 4. The Hall–Kier alpha value is -1.57. The molecule has 0 spiro atoms. The Morgan fingerprint density at radius 1 is 0.931 bits per heavy atom. The lowest BCUT2D eigenvalue weighted by atomic mass is 9.67. The maximum absolute atomic E-state index is 14.8. The summed E-state index contributed by atoms with van der Waals surface area (Å²) in [5, 5.41) is 8.72. The van der Waals surface area contributed by atoms with E-state index in [1.165, 1.54) is 44.6 Å². The van der Waals surface area contributed by atoms with E-state index in [9.17, 15) is 17.6 Å². The van der Waals surface area contributed by atoms with Gasteiger partial charge in [-0.3, -0.25) is 0 Å². The Morgan fingerprint density at radius 3 is 1.93 bits per heavy atom. The number of hydrogen-bond acceptors (Lipinski definition) is 1. The first-order valence-corrected chi connectivity index (χ1v) is 11.1. The SMILES string of the molecule is CCCC1CCC(C2CCC(C(F)(F)Cc3cc(F)c(C#N)c(F)c3)CC2)CC1. The van der Waals surface area contributed by atoms with Crippen LogP contribution in [0.3, 0.4) is 0 Å². The van der Waals surface area contributed by atoms with E-state index in [0.29, 0.717) is 24.7 Å². The monoisotopic (exact) mass is 409 g/mol. The number of rotatable bonds is 6. The first-order valence-electron chi connectivity index (χ1n) is 11.1. The predicted molar refractivity (Wildman–Crippen MR) is 106 cm³/mol. The molecule has 2 saturated carbocycles. The molecule has 1 aromatic rings. The molecule has 0 saturated heterocycles. The zero-order valence-corrected chi connectivity index (χ0v) is 17.2. The van der Waals surface area contributed by atoms with Crippen molar-refractivity contribution >= 4 is 0 Å². The van der Waals surface area contributed by atoms with Crippen molar-refractivity contribution in [2.45, 2.75) is 83.5 Å². The molecule has 1 nitrogen and oxygen atoms in total. The lowest BCUT2D eigenvalue weighted by Crippen LogP contribution is -2.35. The normalized spacial score (nSPS) is 28.1. The van der Waals surface area contributed by atoms with Crippen LogP contribution < -0.4 is 0 Å². The summed E-state index contributed by atoms with van der Waals surface area (Å²) in [5.41, 5.74) is -0.799. The number of benzene rings is 1. The highest BCUT2D eigenvalue weighted by molar-refractivity contribution is 5.35. The van der Waals surface area contributed by atoms with Crippen LogP contribution in [0.25, 0.3) is 0 Å². The lowest BCUT2D eigenvalue weighted by molar-refractivity contribution is -0.0777. The standard InChI is InChI=1S/C24H31F4N/c1-2-3-16-4-6-18(7-5-16)19-8-10-20(11-9-19)24(27,28)14-17-12-22(25)21(15-29)23(26)13-17/h12-13,16,18-20H,2-11,14H2,1H3. The molecule has 2 aliphatic rings. The topological polar surface area (TPSA) is 23.8 Å². The number of nitrogens with zero attached hydrogens (tertiary/aromatic N) is 1. The molecule has 1 aromatic carbocycles. The zero-order chi connectivity index (χ0) is 21.0. The van der Waals surface area contributed by atoms with Gasteiger partial charge in [0.05, 0.1) is 0 Å². The van der Waals surface area contributed by atoms with E-state index >= 15 is 0 Å². The zero-order valence-electron chi connectivity index (χ0n) is 17.2. The minimum Gasteiger partial charge on any atom is -0.206 e. The summed E-state index contributed by atoms with van der Waals surface area (Å²) in [4.78, 5) is 0. The highest BCUT2D eigenvalue weighted by Crippen LogP contribution is 2.46. The second-order valence-corrected chi connectivity index (χ2v) is 9.17. The van der Waals surface area contributed by atoms with E-state index in [4.69, 9.17) is 5.26 Å². The molecule has 0 unspecified atom stereocenters. The van der Waals surface area contributed by atoms with Crippen LogP contribution in [0.4, 0.5) is 17.6 Å². The highest BCUT2D eigenvalue weighted by atomic mass is 19.3. The fourth-order valence-corrected chi connectivity index (χ4v) is 5.62. The summed E-state index contributed by atoms with van der Waals surface area (Å²) < 4.78 is 57.2. The summed E-state index contributed by atoms with van der Waals surface area (Å²) in [7, 11) is 0. The summed E-state index contributed by atoms with van der Waals surface area (Å²) in [6.45, 7) is 2.23. The number of nitriles is 1. The molecular formula is C24H31F4N. The van der Waals surface area contributed by atoms with Crippen LogP contribution >= 0.6 is 0 Å². The van der Waals surface area contributed by atoms with E-state index in [0.717, 1.165) is 30.9 Å². The molecule has 0 amide bonds. The van der Waals surface area contributed by atoms with Gasteiger partial charge in [0.2, 0.25) is 0 Å². The van der Waals surface area contributed by atoms with Crippen LogP contribution in [0.1, 0.15) is 82.3 Å². The third-order valence-corrected chi connectivity index (χ3v) is 7.28. The van der Waals surface area contributed by atoms with Gasteiger partial charge in [-0.2, -0.15) is 5.26 Å². The van der Waals surface area contributed by atoms with Gasteiger partial charge in [-0.25, -0.2) is 17.6 Å². The molecule has 29 heavy (non-hydrogen) atoms. The quantitative estimate of drug-likeness (QED) is 0.448. The van der Waals surface area contributed by atoms with E-state index in [2.05, 4.69) is 6.92 Å². The first-order chi connectivity index (χ1) is 13.8. The van der Waals surface area contributed by atoms with Gasteiger partial charge in [-0.05, 0) is 74.0 Å². The maximum atomic E-state index is 14.8. The molecule has 3 rings (SSSR count). The molecule has 0 atom stereocenters. The number of hydrogen-bond donors (Lipinski definition) is 0. The Kier molecular flexibility index (Phi) is 7.24. The van der Waals surface area contributed by atoms with Gasteiger partial charge >= 0.3 is 0 Å². The second-order valence-electron chi connectivity index (χ2n) is 9.17. The van der Waals surface area contributed by atoms with Crippen molar-refractivity contribution < 1.29 is 17.6 Å². The lowest BCUT2D eigenvalue weighted by Gasteiger charge is -2.39. The Labute approximate surface area is 171 Å². The Morgan fingerprint density at radius 2 is 1.45 bits per heavy atom. The summed E-state index contributed by atoms with van der Waals surface area (Å²) in [6, 6.07) is 3.17. The minimum absolute atomic E-state index is 0.0830. The molecule has 0 radical (unpaired) electrons. The third-order valence-electron chi connectivity index (χ3n) is 7.28. The molecule has 0 bridgehead atoms. The van der Waals surface area contributed by atoms with Gasteiger partial charge in [0.25, 0.3) is 5.92 Å². The van der Waals surface area contributed by atoms with Crippen molar-refractivity contribution in [2.24, 2.45) is 23.7 Å². The fourth-order valence-electron chi connectivity index (χ4n) is 5.62. The average Bonchev–Trinajstić information content (AvgIpc) is 2.68. The molecule has 5 heteroatoms. The Bertz CT molecular complexity index is 700. The molecule has 2 aliphatic carbocycles. The van der Waals surface area contributed by atoms with Crippen LogP contribution in [0.5, 0.6) is 0 Å². The fraction of sp³-hybridized carbons (Fsp3) is 0.708. The molecule has 0 aliphatic heterocycles. The van der Waals surface area contributed by atoms with Gasteiger partial charge in [-0.1, -0.05) is 32.6 Å². The van der Waals surface area contributed by atoms with Gasteiger partial charge in [0.1, 0.15) is 23.3 Å². The smallest absolute Gasteiger partial charge is 0.206 e. The molecule has 0 aromatic heterocycles. The van der Waals surface area contributed by atoms with Gasteiger partial charge < -0.3 is 0 Å². The molecule has 160 valence electrons. The largest absolute Gasteiger partial charge is 0.254 e. The van der Waals surface area contributed by atoms with E-state index in [-0.39, 0.29) is 5.56 Å². The Balaban J connectivity index is 1.54. The van der Waals surface area contributed by atoms with Gasteiger partial charge in [0.15, 0.2) is 0 Å². The van der Waals surface area contributed by atoms with Crippen molar-refractivity contribution in [3.05, 3.63) is 34.9 Å². The summed E-state index contributed by atoms with van der Waals surface area (Å²) >= 11 is 0. The third kappa shape index (κ3) is 5.32. The van der Waals surface area contributed by atoms with E-state index in [1.807, 2.05) is 0 Å². The average molecular weight is 410 g/mol. The predicted octanol–water partition coefficient (Wildman–Crippen LogP) is 7.43. The van der Waals surface area contributed by atoms with Gasteiger partial charge in [0, 0.05) is 12.3 Å². The van der Waals surface area contributed by atoms with Crippen molar-refractivity contribution in [3.63, 3.8) is 0 Å². The first kappa shape index (κ1) is 22.1. The van der Waals surface area contributed by atoms with Crippen LogP contribution in [0.15, 0.2) is 12.1 Å².